The summed E-state index contributed by atoms with van der Waals surface area (Å²) in [6, 6.07) is 5.29. The predicted octanol–water partition coefficient (Wildman–Crippen LogP) is 1.79. The first-order valence-electron chi connectivity index (χ1n) is 3.87. The van der Waals surface area contributed by atoms with Gasteiger partial charge in [0.2, 0.25) is 5.91 Å². The van der Waals surface area contributed by atoms with Crippen molar-refractivity contribution < 1.29 is 9.53 Å². The molecular formula is C9H10INO2. The topological polar surface area (TPSA) is 52.3 Å². The Morgan fingerprint density at radius 2 is 2.31 bits per heavy atom. The Morgan fingerprint density at radius 1 is 1.62 bits per heavy atom. The minimum atomic E-state index is -0.425. The average Bonchev–Trinajstić information content (AvgIpc) is 2.08. The third kappa shape index (κ3) is 2.58. The fraction of sp³-hybridized carbons (Fsp3) is 0.222. The molecule has 1 rings (SSSR count). The molecule has 0 radical (unpaired) electrons. The lowest BCUT2D eigenvalue weighted by Gasteiger charge is -2.05. The standard InChI is InChI=1S/C9H10INO2/c1-2-13-6-3-4-8(10)7(5-6)9(11)12/h3-5H,2H2,1H3,(H2,11,12). The van der Waals surface area contributed by atoms with Crippen molar-refractivity contribution in [1.29, 1.82) is 0 Å². The summed E-state index contributed by atoms with van der Waals surface area (Å²) in [5, 5.41) is 0. The van der Waals surface area contributed by atoms with Gasteiger partial charge in [0.15, 0.2) is 0 Å². The van der Waals surface area contributed by atoms with Gasteiger partial charge in [-0.2, -0.15) is 0 Å². The fourth-order valence-corrected chi connectivity index (χ4v) is 1.55. The van der Waals surface area contributed by atoms with E-state index in [1.165, 1.54) is 0 Å². The van der Waals surface area contributed by atoms with Gasteiger partial charge in [-0.05, 0) is 47.7 Å². The largest absolute Gasteiger partial charge is 0.494 e. The Bertz CT molecular complexity index is 325. The number of nitrogens with two attached hydrogens (primary N) is 1. The normalized spacial score (nSPS) is 9.69. The molecule has 0 saturated heterocycles. The van der Waals surface area contributed by atoms with E-state index in [0.29, 0.717) is 17.9 Å². The van der Waals surface area contributed by atoms with Crippen molar-refractivity contribution in [1.82, 2.24) is 0 Å². The molecule has 70 valence electrons. The first kappa shape index (κ1) is 10.3. The van der Waals surface area contributed by atoms with Crippen molar-refractivity contribution in [3.63, 3.8) is 0 Å². The van der Waals surface area contributed by atoms with Gasteiger partial charge in [-0.25, -0.2) is 0 Å². The summed E-state index contributed by atoms with van der Waals surface area (Å²) in [4.78, 5) is 10.9. The molecule has 0 bridgehead atoms. The van der Waals surface area contributed by atoms with Crippen molar-refractivity contribution in [3.8, 4) is 5.75 Å². The predicted molar refractivity (Wildman–Crippen MR) is 58.8 cm³/mol. The summed E-state index contributed by atoms with van der Waals surface area (Å²) in [6.07, 6.45) is 0. The lowest BCUT2D eigenvalue weighted by Crippen LogP contribution is -2.12. The summed E-state index contributed by atoms with van der Waals surface area (Å²) in [5.74, 6) is 0.252. The van der Waals surface area contributed by atoms with E-state index in [1.54, 1.807) is 6.07 Å². The van der Waals surface area contributed by atoms with Gasteiger partial charge < -0.3 is 10.5 Å². The Labute approximate surface area is 90.4 Å². The second kappa shape index (κ2) is 4.45. The third-order valence-corrected chi connectivity index (χ3v) is 2.45. The summed E-state index contributed by atoms with van der Waals surface area (Å²) < 4.78 is 6.08. The van der Waals surface area contributed by atoms with Crippen LogP contribution in [0.2, 0.25) is 0 Å². The van der Waals surface area contributed by atoms with Crippen LogP contribution in [0.15, 0.2) is 18.2 Å². The lowest BCUT2D eigenvalue weighted by atomic mass is 10.2. The quantitative estimate of drug-likeness (QED) is 0.863. The zero-order valence-electron chi connectivity index (χ0n) is 7.21. The number of primary amides is 1. The van der Waals surface area contributed by atoms with E-state index in [9.17, 15) is 4.79 Å². The van der Waals surface area contributed by atoms with E-state index in [4.69, 9.17) is 10.5 Å². The number of amides is 1. The van der Waals surface area contributed by atoms with E-state index in [0.717, 1.165) is 3.57 Å². The van der Waals surface area contributed by atoms with Crippen LogP contribution >= 0.6 is 22.6 Å². The first-order valence-corrected chi connectivity index (χ1v) is 4.95. The number of rotatable bonds is 3. The molecule has 3 nitrogen and oxygen atoms in total. The number of ether oxygens (including phenoxy) is 1. The summed E-state index contributed by atoms with van der Waals surface area (Å²) in [5.41, 5.74) is 5.69. The van der Waals surface area contributed by atoms with Crippen LogP contribution < -0.4 is 10.5 Å². The summed E-state index contributed by atoms with van der Waals surface area (Å²) >= 11 is 2.06. The number of hydrogen-bond acceptors (Lipinski definition) is 2. The number of carbonyl (C=O) groups is 1. The molecule has 0 aliphatic carbocycles. The second-order valence-corrected chi connectivity index (χ2v) is 3.60. The van der Waals surface area contributed by atoms with Crippen molar-refractivity contribution >= 4 is 28.5 Å². The molecule has 0 aliphatic rings. The van der Waals surface area contributed by atoms with Gasteiger partial charge >= 0.3 is 0 Å². The first-order chi connectivity index (χ1) is 6.15. The summed E-state index contributed by atoms with van der Waals surface area (Å²) in [7, 11) is 0. The molecular weight excluding hydrogens is 281 g/mol. The van der Waals surface area contributed by atoms with Gasteiger partial charge in [-0.3, -0.25) is 4.79 Å². The van der Waals surface area contributed by atoms with Crippen molar-refractivity contribution in [2.24, 2.45) is 5.73 Å². The van der Waals surface area contributed by atoms with Crippen LogP contribution in [0.4, 0.5) is 0 Å². The van der Waals surface area contributed by atoms with Crippen LogP contribution in [-0.2, 0) is 0 Å². The van der Waals surface area contributed by atoms with E-state index in [-0.39, 0.29) is 0 Å². The number of halogens is 1. The Hall–Kier alpha value is -0.780. The molecule has 0 spiro atoms. The van der Waals surface area contributed by atoms with E-state index in [1.807, 2.05) is 19.1 Å². The van der Waals surface area contributed by atoms with E-state index >= 15 is 0 Å². The maximum atomic E-state index is 10.9. The van der Waals surface area contributed by atoms with Crippen LogP contribution in [0.5, 0.6) is 5.75 Å². The van der Waals surface area contributed by atoms with Gasteiger partial charge in [0.1, 0.15) is 5.75 Å². The minimum absolute atomic E-state index is 0.425. The smallest absolute Gasteiger partial charge is 0.249 e. The maximum absolute atomic E-state index is 10.9. The zero-order chi connectivity index (χ0) is 9.84. The van der Waals surface area contributed by atoms with Crippen LogP contribution in [0.3, 0.4) is 0 Å². The molecule has 0 aliphatic heterocycles. The molecule has 0 atom stereocenters. The van der Waals surface area contributed by atoms with E-state index in [2.05, 4.69) is 22.6 Å². The van der Waals surface area contributed by atoms with Crippen LogP contribution in [0, 0.1) is 3.57 Å². The molecule has 1 amide bonds. The molecule has 4 heteroatoms. The number of hydrogen-bond donors (Lipinski definition) is 1. The van der Waals surface area contributed by atoms with E-state index < -0.39 is 5.91 Å². The highest BCUT2D eigenvalue weighted by atomic mass is 127. The van der Waals surface area contributed by atoms with Crippen molar-refractivity contribution in [2.45, 2.75) is 6.92 Å². The van der Waals surface area contributed by atoms with Crippen LogP contribution in [-0.4, -0.2) is 12.5 Å². The second-order valence-electron chi connectivity index (χ2n) is 2.44. The molecule has 0 saturated carbocycles. The van der Waals surface area contributed by atoms with Gasteiger partial charge in [-0.15, -0.1) is 0 Å². The average molecular weight is 291 g/mol. The monoisotopic (exact) mass is 291 g/mol. The zero-order valence-corrected chi connectivity index (χ0v) is 9.37. The molecule has 0 fully saturated rings. The molecule has 0 unspecified atom stereocenters. The molecule has 13 heavy (non-hydrogen) atoms. The van der Waals surface area contributed by atoms with Gasteiger partial charge in [0.25, 0.3) is 0 Å². The Kier molecular flexibility index (Phi) is 3.53. The molecule has 1 aromatic rings. The highest BCUT2D eigenvalue weighted by Gasteiger charge is 2.06. The molecule has 0 aromatic heterocycles. The Morgan fingerprint density at radius 3 is 2.85 bits per heavy atom. The maximum Gasteiger partial charge on any atom is 0.249 e. The molecule has 0 heterocycles. The van der Waals surface area contributed by atoms with Gasteiger partial charge in [0, 0.05) is 3.57 Å². The number of carbonyl (C=O) groups excluding carboxylic acids is 1. The van der Waals surface area contributed by atoms with Crippen molar-refractivity contribution in [3.05, 3.63) is 27.3 Å². The molecule has 2 N–H and O–H groups in total. The highest BCUT2D eigenvalue weighted by Crippen LogP contribution is 2.18. The third-order valence-electron chi connectivity index (χ3n) is 1.51. The SMILES string of the molecule is CCOc1ccc(I)c(C(N)=O)c1. The Balaban J connectivity index is 3.04. The van der Waals surface area contributed by atoms with Gasteiger partial charge in [-0.1, -0.05) is 0 Å². The summed E-state index contributed by atoms with van der Waals surface area (Å²) in [6.45, 7) is 2.47. The van der Waals surface area contributed by atoms with Crippen molar-refractivity contribution in [2.75, 3.05) is 6.61 Å². The van der Waals surface area contributed by atoms with Crippen LogP contribution in [0.1, 0.15) is 17.3 Å². The number of benzene rings is 1. The van der Waals surface area contributed by atoms with Gasteiger partial charge in [0.05, 0.1) is 12.2 Å². The fourth-order valence-electron chi connectivity index (χ4n) is 0.950. The minimum Gasteiger partial charge on any atom is -0.494 e. The highest BCUT2D eigenvalue weighted by molar-refractivity contribution is 14.1. The van der Waals surface area contributed by atoms with Crippen LogP contribution in [0.25, 0.3) is 0 Å². The lowest BCUT2D eigenvalue weighted by molar-refractivity contribution is 0.0999. The molecule has 1 aromatic carbocycles.